The summed E-state index contributed by atoms with van der Waals surface area (Å²) in [6.07, 6.45) is -6.84. The van der Waals surface area contributed by atoms with Crippen molar-refractivity contribution >= 4 is 6.29 Å². The summed E-state index contributed by atoms with van der Waals surface area (Å²) < 4.78 is 0. The number of hydrogen-bond donors (Lipinski definition) is 5. The van der Waals surface area contributed by atoms with Gasteiger partial charge in [0.25, 0.3) is 0 Å². The molecule has 0 fully saturated rings. The van der Waals surface area contributed by atoms with Crippen LogP contribution >= 0.6 is 0 Å². The maximum Gasteiger partial charge on any atom is 0.151 e. The fraction of sp³-hybridized carbons (Fsp3) is 0.833. The van der Waals surface area contributed by atoms with Crippen molar-refractivity contribution in [2.45, 2.75) is 24.4 Å². The minimum atomic E-state index is -1.79. The molecular formula is C6H24O12. The zero-order chi connectivity index (χ0) is 9.72. The van der Waals surface area contributed by atoms with Crippen molar-refractivity contribution in [3.63, 3.8) is 0 Å². The van der Waals surface area contributed by atoms with Crippen molar-refractivity contribution in [3.8, 4) is 0 Å². The normalized spacial score (nSPS) is 14.1. The van der Waals surface area contributed by atoms with E-state index in [2.05, 4.69) is 0 Å². The van der Waals surface area contributed by atoms with Crippen LogP contribution in [0.4, 0.5) is 0 Å². The highest BCUT2D eigenvalue weighted by Gasteiger charge is 2.29. The predicted octanol–water partition coefficient (Wildman–Crippen LogP) is -8.33. The second kappa shape index (κ2) is 21.5. The molecule has 0 radical (unpaired) electrons. The van der Waals surface area contributed by atoms with Gasteiger partial charge in [0, 0.05) is 0 Å². The van der Waals surface area contributed by atoms with Crippen molar-refractivity contribution in [3.05, 3.63) is 0 Å². The minimum Gasteiger partial charge on any atom is -0.412 e. The lowest BCUT2D eigenvalue weighted by Crippen LogP contribution is -2.46. The number of carbonyl (C=O) groups is 1. The average Bonchev–Trinajstić information content (AvgIpc) is 2.12. The van der Waals surface area contributed by atoms with E-state index < -0.39 is 31.0 Å². The predicted molar refractivity (Wildman–Crippen MR) is 58.9 cm³/mol. The second-order valence-electron chi connectivity index (χ2n) is 2.36. The largest absolute Gasteiger partial charge is 0.412 e. The Labute approximate surface area is 102 Å². The van der Waals surface area contributed by atoms with Crippen LogP contribution in [-0.2, 0) is 4.79 Å². The third kappa shape index (κ3) is 13.3. The highest BCUT2D eigenvalue weighted by atomic mass is 16.4. The van der Waals surface area contributed by atoms with E-state index in [0.717, 1.165) is 0 Å². The monoisotopic (exact) mass is 288 g/mol. The van der Waals surface area contributed by atoms with Gasteiger partial charge in [-0.25, -0.2) is 0 Å². The molecule has 0 saturated heterocycles. The molecule has 0 spiro atoms. The van der Waals surface area contributed by atoms with Crippen LogP contribution in [0.1, 0.15) is 0 Å². The van der Waals surface area contributed by atoms with E-state index in [1.165, 1.54) is 0 Å². The first kappa shape index (κ1) is 43.4. The second-order valence-corrected chi connectivity index (χ2v) is 2.36. The summed E-state index contributed by atoms with van der Waals surface area (Å²) in [5.41, 5.74) is 0. The molecule has 18 heavy (non-hydrogen) atoms. The summed E-state index contributed by atoms with van der Waals surface area (Å²) in [5.74, 6) is 0. The molecule has 0 bridgehead atoms. The Morgan fingerprint density at radius 2 is 1.11 bits per heavy atom. The zero-order valence-electron chi connectivity index (χ0n) is 9.24. The van der Waals surface area contributed by atoms with E-state index in [1.54, 1.807) is 0 Å². The van der Waals surface area contributed by atoms with Crippen LogP contribution in [0.15, 0.2) is 0 Å². The first-order chi connectivity index (χ1) is 5.54. The van der Waals surface area contributed by atoms with Crippen molar-refractivity contribution in [2.24, 2.45) is 0 Å². The minimum absolute atomic E-state index is 0. The van der Waals surface area contributed by atoms with Gasteiger partial charge in [-0.15, -0.1) is 0 Å². The number of aliphatic hydroxyl groups excluding tert-OH is 5. The van der Waals surface area contributed by atoms with Crippen molar-refractivity contribution < 1.29 is 63.2 Å². The fourth-order valence-electron chi connectivity index (χ4n) is 0.618. The fourth-order valence-corrected chi connectivity index (χ4v) is 0.618. The van der Waals surface area contributed by atoms with Gasteiger partial charge < -0.3 is 63.2 Å². The van der Waals surface area contributed by atoms with Crippen molar-refractivity contribution in [2.75, 3.05) is 6.61 Å². The number of carbonyl (C=O) groups excluding carboxylic acids is 1. The third-order valence-corrected chi connectivity index (χ3v) is 1.42. The lowest BCUT2D eigenvalue weighted by molar-refractivity contribution is -0.136. The Hall–Kier alpha value is -0.770. The van der Waals surface area contributed by atoms with Crippen LogP contribution in [0.5, 0.6) is 0 Å². The van der Waals surface area contributed by atoms with Gasteiger partial charge in [0.2, 0.25) is 0 Å². The summed E-state index contributed by atoms with van der Waals surface area (Å²) >= 11 is 0. The molecule has 0 rings (SSSR count). The quantitative estimate of drug-likeness (QED) is 0.305. The number of hydrogen-bond acceptors (Lipinski definition) is 6. The van der Waals surface area contributed by atoms with E-state index >= 15 is 0 Å². The van der Waals surface area contributed by atoms with Gasteiger partial charge in [-0.1, -0.05) is 0 Å². The van der Waals surface area contributed by atoms with Gasteiger partial charge in [0.15, 0.2) is 6.29 Å². The van der Waals surface area contributed by atoms with Gasteiger partial charge in [0.05, 0.1) is 6.61 Å². The molecule has 0 amide bonds. The topological polar surface area (TPSA) is 307 Å². The summed E-state index contributed by atoms with van der Waals surface area (Å²) in [6, 6.07) is 0. The van der Waals surface area contributed by atoms with E-state index in [-0.39, 0.29) is 39.1 Å². The van der Waals surface area contributed by atoms with E-state index in [1.807, 2.05) is 0 Å². The van der Waals surface area contributed by atoms with E-state index in [9.17, 15) is 4.79 Å². The summed E-state index contributed by atoms with van der Waals surface area (Å²) in [5, 5.41) is 43.5. The number of aliphatic hydroxyl groups is 5. The molecule has 0 saturated carbocycles. The van der Waals surface area contributed by atoms with Crippen LogP contribution in [-0.4, -0.2) is 95.7 Å². The lowest BCUT2D eigenvalue weighted by Gasteiger charge is -2.22. The molecule has 0 heterocycles. The van der Waals surface area contributed by atoms with Crippen molar-refractivity contribution in [1.29, 1.82) is 0 Å². The van der Waals surface area contributed by atoms with Crippen LogP contribution in [0.25, 0.3) is 0 Å². The van der Waals surface area contributed by atoms with Gasteiger partial charge in [-0.2, -0.15) is 0 Å². The van der Waals surface area contributed by atoms with Crippen LogP contribution in [0.2, 0.25) is 0 Å². The summed E-state index contributed by atoms with van der Waals surface area (Å²) in [6.45, 7) is -0.760. The summed E-state index contributed by atoms with van der Waals surface area (Å²) in [4.78, 5) is 9.90. The van der Waals surface area contributed by atoms with Crippen molar-refractivity contribution in [1.82, 2.24) is 0 Å². The molecule has 0 aromatic rings. The molecule has 0 aromatic carbocycles. The number of rotatable bonds is 5. The molecule has 0 aromatic heterocycles. The summed E-state index contributed by atoms with van der Waals surface area (Å²) in [7, 11) is 0. The molecule has 17 N–H and O–H groups in total. The maximum absolute atomic E-state index is 9.90. The Morgan fingerprint density at radius 3 is 1.33 bits per heavy atom. The SMILES string of the molecule is O.O.O.O.O.O.O=C[C@H](O)[C@@H](O)[C@H](O)[C@H](O)CO. The molecule has 4 atom stereocenters. The smallest absolute Gasteiger partial charge is 0.151 e. The van der Waals surface area contributed by atoms with E-state index in [4.69, 9.17) is 25.5 Å². The number of aldehydes is 1. The third-order valence-electron chi connectivity index (χ3n) is 1.42. The first-order valence-corrected chi connectivity index (χ1v) is 3.33. The molecule has 0 aliphatic carbocycles. The standard InChI is InChI=1S/C6H12O6.6H2O/c7-1-3(9)5(11)6(12)4(10)2-8;;;;;;/h1,3-6,8-12H,2H2;6*1H2/t3-,4+,5+,6+;;;;;;/m0....../s1. The Balaban J connectivity index is -0.0000000403. The highest BCUT2D eigenvalue weighted by molar-refractivity contribution is 5.56. The molecule has 0 unspecified atom stereocenters. The maximum atomic E-state index is 9.90. The Bertz CT molecular complexity index is 143. The van der Waals surface area contributed by atoms with E-state index in [0.29, 0.717) is 0 Å². The molecule has 0 aliphatic heterocycles. The van der Waals surface area contributed by atoms with Crippen LogP contribution in [0, 0.1) is 0 Å². The van der Waals surface area contributed by atoms with Crippen LogP contribution < -0.4 is 0 Å². The Morgan fingerprint density at radius 1 is 0.778 bits per heavy atom. The van der Waals surface area contributed by atoms with Gasteiger partial charge in [0.1, 0.15) is 24.4 Å². The van der Waals surface area contributed by atoms with Gasteiger partial charge in [-0.3, -0.25) is 0 Å². The molecule has 120 valence electrons. The highest BCUT2D eigenvalue weighted by Crippen LogP contribution is 2.02. The lowest BCUT2D eigenvalue weighted by atomic mass is 10.0. The first-order valence-electron chi connectivity index (χ1n) is 3.33. The van der Waals surface area contributed by atoms with Crippen LogP contribution in [0.3, 0.4) is 0 Å². The molecule has 0 aliphatic rings. The molecule has 12 nitrogen and oxygen atoms in total. The molecule has 12 heteroatoms. The Kier molecular flexibility index (Phi) is 51.8. The molecular weight excluding hydrogens is 264 g/mol. The zero-order valence-corrected chi connectivity index (χ0v) is 9.24. The van der Waals surface area contributed by atoms with Gasteiger partial charge >= 0.3 is 0 Å². The van der Waals surface area contributed by atoms with Gasteiger partial charge in [-0.05, 0) is 0 Å². The average molecular weight is 288 g/mol.